The van der Waals surface area contributed by atoms with Crippen LogP contribution < -0.4 is 0 Å². The van der Waals surface area contributed by atoms with Crippen LogP contribution in [0.2, 0.25) is 0 Å². The van der Waals surface area contributed by atoms with E-state index in [9.17, 15) is 0 Å². The van der Waals surface area contributed by atoms with Crippen LogP contribution >= 0.6 is 0 Å². The van der Waals surface area contributed by atoms with Crippen molar-refractivity contribution in [2.24, 2.45) is 0 Å². The van der Waals surface area contributed by atoms with Crippen molar-refractivity contribution in [3.63, 3.8) is 0 Å². The molecule has 0 aliphatic carbocycles. The Hall–Kier alpha value is 2.43. The predicted octanol–water partition coefficient (Wildman–Crippen LogP) is -1.13. The Morgan fingerprint density at radius 1 is 1.12 bits per heavy atom. The first-order valence-electron chi connectivity index (χ1n) is 0.933. The second kappa shape index (κ2) is 113. The summed E-state index contributed by atoms with van der Waals surface area (Å²) in [5, 5.41) is 0. The second-order valence-corrected chi connectivity index (χ2v) is 0. The molecule has 0 aromatic heterocycles. The van der Waals surface area contributed by atoms with E-state index >= 15 is 0 Å². The molecule has 0 rings (SSSR count). The molecule has 0 amide bonds. The van der Waals surface area contributed by atoms with E-state index in [2.05, 4.69) is 0 Å². The van der Waals surface area contributed by atoms with E-state index < -0.39 is 0 Å². The fourth-order valence-electron chi connectivity index (χ4n) is 0. The molecule has 8 heavy (non-hydrogen) atoms. The fraction of sp³-hybridized carbons (Fsp3) is 0. The molecule has 0 bridgehead atoms. The van der Waals surface area contributed by atoms with Gasteiger partial charge in [0.15, 0.2) is 0 Å². The molecule has 0 atom stereocenters. The molecule has 0 spiro atoms. The predicted molar refractivity (Wildman–Crippen MR) is 9.89 cm³/mol. The average molecular weight is 320 g/mol. The maximum absolute atomic E-state index is 8.38. The SMILES string of the molecule is [O]=[AlH].[O]=[Ti].[O]=[Y].[O]=[Zr]. The van der Waals surface area contributed by atoms with E-state index in [0.29, 0.717) is 40.9 Å². The quantitative estimate of drug-likeness (QED) is 0.530. The third-order valence-electron chi connectivity index (χ3n) is 0. The van der Waals surface area contributed by atoms with Crippen molar-refractivity contribution in [3.8, 4) is 0 Å². The summed E-state index contributed by atoms with van der Waals surface area (Å²) in [5.41, 5.74) is 0. The molecule has 0 unspecified atom stereocenters. The Kier molecular flexibility index (Phi) is 318. The van der Waals surface area contributed by atoms with Crippen LogP contribution in [0.5, 0.6) is 0 Å². The van der Waals surface area contributed by atoms with Crippen LogP contribution in [0, 0.1) is 0 Å². The molecule has 0 saturated carbocycles. The molecule has 0 N–H and O–H groups in total. The van der Waals surface area contributed by atoms with E-state index in [1.807, 2.05) is 0 Å². The van der Waals surface area contributed by atoms with Crippen LogP contribution in [-0.4, -0.2) is 16.2 Å². The standard InChI is InChI=1S/Al.4O.Ti.Y.Zr.H. The van der Waals surface area contributed by atoms with E-state index in [0.717, 1.165) is 20.4 Å². The summed E-state index contributed by atoms with van der Waals surface area (Å²) in [5.74, 6) is 0. The van der Waals surface area contributed by atoms with Gasteiger partial charge in [-0.15, -0.1) is 0 Å². The van der Waals surface area contributed by atoms with E-state index in [1.165, 1.54) is 0 Å². The average Bonchev–Trinajstić information content (AvgIpc) is 2.03. The van der Waals surface area contributed by atoms with Gasteiger partial charge in [-0.25, -0.2) is 0 Å². The zero-order chi connectivity index (χ0) is 8.00. The summed E-state index contributed by atoms with van der Waals surface area (Å²) >= 11 is 1.76. The van der Waals surface area contributed by atoms with Gasteiger partial charge in [-0.3, -0.25) is 0 Å². The molecule has 0 aliphatic rings. The third kappa shape index (κ3) is 78.7. The van der Waals surface area contributed by atoms with E-state index in [1.54, 1.807) is 0 Å². The molecule has 0 aliphatic heterocycles. The molecule has 0 radical (unpaired) electrons. The summed E-state index contributed by atoms with van der Waals surface area (Å²) in [4.78, 5) is 0. The minimum absolute atomic E-state index is 0.100. The van der Waals surface area contributed by atoms with Gasteiger partial charge in [0.1, 0.15) is 0 Å². The zero-order valence-electron chi connectivity index (χ0n) is 3.92. The monoisotopic (exact) mass is 319 g/mol. The van der Waals surface area contributed by atoms with Crippen LogP contribution in [-0.2, 0) is 88.1 Å². The Morgan fingerprint density at radius 2 is 1.12 bits per heavy atom. The van der Waals surface area contributed by atoms with Crippen LogP contribution in [0.3, 0.4) is 0 Å². The first kappa shape index (κ1) is 22.4. The second-order valence-electron chi connectivity index (χ2n) is 0. The minimum atomic E-state index is 0.100. The molecule has 0 aromatic carbocycles. The number of rotatable bonds is 0. The Bertz CT molecular complexity index is 24.0. The van der Waals surface area contributed by atoms with Gasteiger partial charge in [-0.2, -0.15) is 0 Å². The van der Waals surface area contributed by atoms with Gasteiger partial charge in [0, 0.05) is 0 Å². The molecular weight excluding hydrogens is 319 g/mol. The normalized spacial score (nSPS) is 1.88. The number of hydrogen-bond donors (Lipinski definition) is 0. The maximum atomic E-state index is 8.38. The van der Waals surface area contributed by atoms with Crippen molar-refractivity contribution in [2.45, 2.75) is 0 Å². The molecule has 0 heterocycles. The van der Waals surface area contributed by atoms with Gasteiger partial charge in [0.05, 0.1) is 0 Å². The molecule has 0 fully saturated rings. The van der Waals surface area contributed by atoms with Crippen molar-refractivity contribution in [1.82, 2.24) is 0 Å². The molecular formula is HAlO4TiYZr. The molecule has 0 aromatic rings. The molecule has 39 valence electrons. The van der Waals surface area contributed by atoms with Crippen LogP contribution in [0.4, 0.5) is 0 Å². The van der Waals surface area contributed by atoms with Gasteiger partial charge in [0.25, 0.3) is 0 Å². The van der Waals surface area contributed by atoms with Crippen molar-refractivity contribution in [2.75, 3.05) is 0 Å². The first-order chi connectivity index (χ1) is 4.00. The third-order valence-corrected chi connectivity index (χ3v) is 0. The van der Waals surface area contributed by atoms with Crippen molar-refractivity contribution in [1.29, 1.82) is 0 Å². The Labute approximate surface area is 102 Å². The van der Waals surface area contributed by atoms with Gasteiger partial charge in [0.2, 0.25) is 0 Å². The van der Waals surface area contributed by atoms with Crippen molar-refractivity contribution < 1.29 is 88.1 Å². The van der Waals surface area contributed by atoms with Gasteiger partial charge in [-0.1, -0.05) is 0 Å². The molecule has 0 saturated heterocycles. The summed E-state index contributed by atoms with van der Waals surface area (Å²) in [6, 6.07) is 0. The van der Waals surface area contributed by atoms with Gasteiger partial charge in [-0.05, 0) is 0 Å². The molecule has 8 heteroatoms. The van der Waals surface area contributed by atoms with Gasteiger partial charge >= 0.3 is 104 Å². The topological polar surface area (TPSA) is 68.3 Å². The summed E-state index contributed by atoms with van der Waals surface area (Å²) < 4.78 is 33.2. The number of hydrogen-bond acceptors (Lipinski definition) is 4. The van der Waals surface area contributed by atoms with Crippen LogP contribution in [0.1, 0.15) is 0 Å². The van der Waals surface area contributed by atoms with E-state index in [-0.39, 0.29) is 31.0 Å². The van der Waals surface area contributed by atoms with Crippen molar-refractivity contribution >= 4 is 16.2 Å². The van der Waals surface area contributed by atoms with Crippen LogP contribution in [0.25, 0.3) is 0 Å². The summed E-state index contributed by atoms with van der Waals surface area (Å²) in [7, 11) is 0. The Morgan fingerprint density at radius 3 is 1.12 bits per heavy atom. The zero-order valence-corrected chi connectivity index (χ0v) is 12.2. The fourth-order valence-corrected chi connectivity index (χ4v) is 0. The van der Waals surface area contributed by atoms with E-state index in [4.69, 9.17) is 12.0 Å². The van der Waals surface area contributed by atoms with Crippen LogP contribution in [0.15, 0.2) is 0 Å². The van der Waals surface area contributed by atoms with Crippen molar-refractivity contribution in [3.05, 3.63) is 0 Å². The summed E-state index contributed by atoms with van der Waals surface area (Å²) in [6.45, 7) is 0. The Balaban J connectivity index is -0.0000000133. The van der Waals surface area contributed by atoms with Gasteiger partial charge < -0.3 is 0 Å². The summed E-state index contributed by atoms with van der Waals surface area (Å²) in [6.07, 6.45) is 0. The molecule has 4 nitrogen and oxygen atoms in total. The first-order valence-corrected chi connectivity index (χ1v) is 4.31.